The minimum absolute atomic E-state index is 0.0335. The van der Waals surface area contributed by atoms with Gasteiger partial charge in [-0.3, -0.25) is 4.79 Å². The number of carbonyl (C=O) groups excluding carboxylic acids is 2. The molecule has 1 aliphatic carbocycles. The van der Waals surface area contributed by atoms with Gasteiger partial charge < -0.3 is 19.9 Å². The lowest BCUT2D eigenvalue weighted by Crippen LogP contribution is -2.46. The van der Waals surface area contributed by atoms with Gasteiger partial charge in [0.1, 0.15) is 0 Å². The number of fused-ring (bicyclic) bond motifs is 3. The number of aromatic amines is 1. The van der Waals surface area contributed by atoms with Crippen molar-refractivity contribution in [1.29, 1.82) is 0 Å². The molecule has 144 valence electrons. The predicted molar refractivity (Wildman–Crippen MR) is 104 cm³/mol. The molecule has 2 amide bonds. The van der Waals surface area contributed by atoms with E-state index in [-0.39, 0.29) is 18.0 Å². The SMILES string of the molecule is CCOC(=O)N1CCC(NC(=O)c2cccc3c4c([nH]c23)CCCC4)CC1. The van der Waals surface area contributed by atoms with E-state index in [2.05, 4.69) is 16.4 Å². The standard InChI is InChI=1S/C21H27N3O3/c1-2-27-21(26)24-12-10-14(11-13-24)22-20(25)17-8-5-7-16-15-6-3-4-9-18(15)23-19(16)17/h5,7-8,14,23H,2-4,6,9-13H2,1H3,(H,22,25). The Labute approximate surface area is 159 Å². The number of hydrogen-bond acceptors (Lipinski definition) is 3. The Balaban J connectivity index is 1.45. The molecule has 0 unspecified atom stereocenters. The lowest BCUT2D eigenvalue weighted by atomic mass is 9.95. The van der Waals surface area contributed by atoms with Crippen molar-refractivity contribution < 1.29 is 14.3 Å². The molecule has 2 aromatic rings. The summed E-state index contributed by atoms with van der Waals surface area (Å²) < 4.78 is 5.05. The van der Waals surface area contributed by atoms with Crippen molar-refractivity contribution in [2.75, 3.05) is 19.7 Å². The summed E-state index contributed by atoms with van der Waals surface area (Å²) in [5.41, 5.74) is 4.36. The zero-order valence-corrected chi connectivity index (χ0v) is 15.8. The molecule has 2 heterocycles. The van der Waals surface area contributed by atoms with Crippen molar-refractivity contribution in [3.63, 3.8) is 0 Å². The fourth-order valence-electron chi connectivity index (χ4n) is 4.30. The fraction of sp³-hybridized carbons (Fsp3) is 0.524. The molecule has 1 aromatic heterocycles. The average molecular weight is 369 g/mol. The highest BCUT2D eigenvalue weighted by Crippen LogP contribution is 2.30. The molecule has 4 rings (SSSR count). The van der Waals surface area contributed by atoms with Crippen molar-refractivity contribution >= 4 is 22.9 Å². The molecule has 27 heavy (non-hydrogen) atoms. The van der Waals surface area contributed by atoms with Crippen LogP contribution in [-0.4, -0.2) is 47.6 Å². The number of nitrogens with one attached hydrogen (secondary N) is 2. The molecule has 0 spiro atoms. The highest BCUT2D eigenvalue weighted by molar-refractivity contribution is 6.07. The van der Waals surface area contributed by atoms with Gasteiger partial charge in [-0.15, -0.1) is 0 Å². The summed E-state index contributed by atoms with van der Waals surface area (Å²) in [6, 6.07) is 6.07. The zero-order chi connectivity index (χ0) is 18.8. The summed E-state index contributed by atoms with van der Waals surface area (Å²) in [4.78, 5) is 29.9. The summed E-state index contributed by atoms with van der Waals surface area (Å²) in [5.74, 6) is -0.0335. The number of carbonyl (C=O) groups is 2. The number of H-pyrrole nitrogens is 1. The van der Waals surface area contributed by atoms with Gasteiger partial charge in [0, 0.05) is 30.2 Å². The van der Waals surface area contributed by atoms with E-state index in [4.69, 9.17) is 4.74 Å². The Kier molecular flexibility index (Phi) is 5.05. The van der Waals surface area contributed by atoms with Gasteiger partial charge in [-0.05, 0) is 57.1 Å². The third-order valence-electron chi connectivity index (χ3n) is 5.73. The van der Waals surface area contributed by atoms with Gasteiger partial charge in [0.2, 0.25) is 0 Å². The quantitative estimate of drug-likeness (QED) is 0.871. The number of hydrogen-bond donors (Lipinski definition) is 2. The molecule has 0 atom stereocenters. The van der Waals surface area contributed by atoms with E-state index < -0.39 is 0 Å². The van der Waals surface area contributed by atoms with Gasteiger partial charge in [0.15, 0.2) is 0 Å². The predicted octanol–water partition coefficient (Wildman–Crippen LogP) is 3.40. The number of nitrogens with zero attached hydrogens (tertiary/aromatic N) is 1. The molecule has 2 aliphatic rings. The Morgan fingerprint density at radius 2 is 2.00 bits per heavy atom. The second kappa shape index (κ2) is 7.62. The smallest absolute Gasteiger partial charge is 0.409 e. The summed E-state index contributed by atoms with van der Waals surface area (Å²) >= 11 is 0. The van der Waals surface area contributed by atoms with Gasteiger partial charge in [-0.1, -0.05) is 12.1 Å². The van der Waals surface area contributed by atoms with Crippen molar-refractivity contribution in [3.8, 4) is 0 Å². The first-order chi connectivity index (χ1) is 13.2. The van der Waals surface area contributed by atoms with E-state index in [9.17, 15) is 9.59 Å². The largest absolute Gasteiger partial charge is 0.450 e. The van der Waals surface area contributed by atoms with E-state index in [1.54, 1.807) is 4.90 Å². The van der Waals surface area contributed by atoms with E-state index >= 15 is 0 Å². The number of ether oxygens (including phenoxy) is 1. The van der Waals surface area contributed by atoms with Gasteiger partial charge in [0.05, 0.1) is 17.7 Å². The maximum Gasteiger partial charge on any atom is 0.409 e. The van der Waals surface area contributed by atoms with E-state index in [0.717, 1.165) is 36.8 Å². The van der Waals surface area contributed by atoms with Gasteiger partial charge in [-0.25, -0.2) is 4.79 Å². The highest BCUT2D eigenvalue weighted by Gasteiger charge is 2.26. The number of aryl methyl sites for hydroxylation is 2. The first-order valence-electron chi connectivity index (χ1n) is 10.0. The third-order valence-corrected chi connectivity index (χ3v) is 5.73. The van der Waals surface area contributed by atoms with Crippen LogP contribution in [0.3, 0.4) is 0 Å². The second-order valence-corrected chi connectivity index (χ2v) is 7.45. The van der Waals surface area contributed by atoms with Crippen LogP contribution in [0.5, 0.6) is 0 Å². The average Bonchev–Trinajstić information content (AvgIpc) is 3.07. The van der Waals surface area contributed by atoms with Crippen LogP contribution in [0, 0.1) is 0 Å². The van der Waals surface area contributed by atoms with Crippen LogP contribution in [0.1, 0.15) is 54.2 Å². The summed E-state index contributed by atoms with van der Waals surface area (Å²) in [7, 11) is 0. The number of rotatable bonds is 3. The van der Waals surface area contributed by atoms with Crippen LogP contribution in [0.4, 0.5) is 4.79 Å². The summed E-state index contributed by atoms with van der Waals surface area (Å²) in [5, 5.41) is 4.35. The van der Waals surface area contributed by atoms with Gasteiger partial charge >= 0.3 is 6.09 Å². The van der Waals surface area contributed by atoms with Gasteiger partial charge in [0.25, 0.3) is 5.91 Å². The molecule has 1 aliphatic heterocycles. The van der Waals surface area contributed by atoms with Crippen molar-refractivity contribution in [2.45, 2.75) is 51.5 Å². The van der Waals surface area contributed by atoms with Crippen molar-refractivity contribution in [2.24, 2.45) is 0 Å². The van der Waals surface area contributed by atoms with Crippen LogP contribution in [0.15, 0.2) is 18.2 Å². The highest BCUT2D eigenvalue weighted by atomic mass is 16.6. The minimum atomic E-state index is -0.260. The second-order valence-electron chi connectivity index (χ2n) is 7.45. The fourth-order valence-corrected chi connectivity index (χ4v) is 4.30. The number of amides is 2. The molecule has 6 heteroatoms. The molecule has 2 N–H and O–H groups in total. The van der Waals surface area contributed by atoms with Gasteiger partial charge in [-0.2, -0.15) is 0 Å². The first-order valence-corrected chi connectivity index (χ1v) is 10.0. The number of para-hydroxylation sites is 1. The molecule has 1 fully saturated rings. The van der Waals surface area contributed by atoms with Crippen molar-refractivity contribution in [3.05, 3.63) is 35.0 Å². The normalized spacial score (nSPS) is 17.6. The van der Waals surface area contributed by atoms with Crippen LogP contribution in [0.2, 0.25) is 0 Å². The monoisotopic (exact) mass is 369 g/mol. The van der Waals surface area contributed by atoms with E-state index in [1.165, 1.54) is 29.5 Å². The molecule has 0 radical (unpaired) electrons. The Morgan fingerprint density at radius 1 is 1.22 bits per heavy atom. The molecule has 1 aromatic carbocycles. The van der Waals surface area contributed by atoms with Crippen LogP contribution < -0.4 is 5.32 Å². The lowest BCUT2D eigenvalue weighted by Gasteiger charge is -2.31. The Morgan fingerprint density at radius 3 is 2.78 bits per heavy atom. The molecular formula is C21H27N3O3. The van der Waals surface area contributed by atoms with Crippen molar-refractivity contribution in [1.82, 2.24) is 15.2 Å². The number of likely N-dealkylation sites (tertiary alicyclic amines) is 1. The maximum atomic E-state index is 12.9. The van der Waals surface area contributed by atoms with Crippen LogP contribution in [-0.2, 0) is 17.6 Å². The first kappa shape index (κ1) is 17.9. The topological polar surface area (TPSA) is 74.4 Å². The lowest BCUT2D eigenvalue weighted by molar-refractivity contribution is 0.0861. The Hall–Kier alpha value is -2.50. The van der Waals surface area contributed by atoms with Crippen LogP contribution >= 0.6 is 0 Å². The van der Waals surface area contributed by atoms with E-state index in [1.807, 2.05) is 19.1 Å². The molecule has 1 saturated heterocycles. The number of benzene rings is 1. The van der Waals surface area contributed by atoms with Crippen LogP contribution in [0.25, 0.3) is 10.9 Å². The van der Waals surface area contributed by atoms with E-state index in [0.29, 0.717) is 19.7 Å². The molecule has 6 nitrogen and oxygen atoms in total. The molecule has 0 saturated carbocycles. The Bertz CT molecular complexity index is 850. The number of aromatic nitrogens is 1. The zero-order valence-electron chi connectivity index (χ0n) is 15.8. The summed E-state index contributed by atoms with van der Waals surface area (Å²) in [6.07, 6.45) is 5.83. The minimum Gasteiger partial charge on any atom is -0.450 e. The number of piperidine rings is 1. The maximum absolute atomic E-state index is 12.9. The molecule has 0 bridgehead atoms. The molecular weight excluding hydrogens is 342 g/mol. The third kappa shape index (κ3) is 3.53. The summed E-state index contributed by atoms with van der Waals surface area (Å²) in [6.45, 7) is 3.43.